The van der Waals surface area contributed by atoms with Crippen molar-refractivity contribution in [2.45, 2.75) is 13.0 Å². The van der Waals surface area contributed by atoms with Crippen LogP contribution in [0, 0.1) is 5.92 Å². The Morgan fingerprint density at radius 2 is 2.00 bits per heavy atom. The summed E-state index contributed by atoms with van der Waals surface area (Å²) in [6.07, 6.45) is 0.231. The Kier molecular flexibility index (Phi) is 5.60. The predicted octanol–water partition coefficient (Wildman–Crippen LogP) is 0.565. The number of fused-ring (bicyclic) bond motifs is 1. The lowest BCUT2D eigenvalue weighted by atomic mass is 10.1. The number of aromatic nitrogens is 1. The highest BCUT2D eigenvalue weighted by atomic mass is 16.2. The van der Waals surface area contributed by atoms with Crippen LogP contribution in [0.25, 0.3) is 10.9 Å². The van der Waals surface area contributed by atoms with Gasteiger partial charge in [-0.05, 0) is 31.6 Å². The van der Waals surface area contributed by atoms with Gasteiger partial charge in [-0.15, -0.1) is 0 Å². The van der Waals surface area contributed by atoms with E-state index in [0.29, 0.717) is 18.7 Å². The molecule has 1 saturated heterocycles. The maximum Gasteiger partial charge on any atom is 0.255 e. The number of likely N-dealkylation sites (tertiary alicyclic amines) is 1. The monoisotopic (exact) mass is 370 g/mol. The van der Waals surface area contributed by atoms with Gasteiger partial charge in [0, 0.05) is 45.2 Å². The van der Waals surface area contributed by atoms with Gasteiger partial charge < -0.3 is 19.7 Å². The first kappa shape index (κ1) is 19.1. The lowest BCUT2D eigenvalue weighted by molar-refractivity contribution is -0.129. The maximum atomic E-state index is 12.5. The summed E-state index contributed by atoms with van der Waals surface area (Å²) < 4.78 is 1.60. The van der Waals surface area contributed by atoms with Crippen LogP contribution in [0.2, 0.25) is 0 Å². The van der Waals surface area contributed by atoms with Gasteiger partial charge in [-0.1, -0.05) is 18.2 Å². The first-order chi connectivity index (χ1) is 12.9. The van der Waals surface area contributed by atoms with Crippen LogP contribution in [0.3, 0.4) is 0 Å². The van der Waals surface area contributed by atoms with Crippen LogP contribution in [-0.4, -0.2) is 59.9 Å². The molecule has 2 aromatic rings. The first-order valence-corrected chi connectivity index (χ1v) is 9.14. The van der Waals surface area contributed by atoms with E-state index in [-0.39, 0.29) is 36.3 Å². The van der Waals surface area contributed by atoms with Gasteiger partial charge in [0.1, 0.15) is 0 Å². The summed E-state index contributed by atoms with van der Waals surface area (Å²) in [7, 11) is 5.64. The van der Waals surface area contributed by atoms with Crippen molar-refractivity contribution in [1.29, 1.82) is 0 Å². The molecule has 2 heterocycles. The van der Waals surface area contributed by atoms with E-state index in [9.17, 15) is 14.4 Å². The average molecular weight is 370 g/mol. The van der Waals surface area contributed by atoms with E-state index in [2.05, 4.69) is 5.32 Å². The molecule has 27 heavy (non-hydrogen) atoms. The zero-order valence-electron chi connectivity index (χ0n) is 16.1. The van der Waals surface area contributed by atoms with Crippen LogP contribution in [0.1, 0.15) is 12.0 Å². The maximum absolute atomic E-state index is 12.5. The minimum absolute atomic E-state index is 0.0126. The van der Waals surface area contributed by atoms with Crippen molar-refractivity contribution in [2.75, 3.05) is 33.7 Å². The minimum Gasteiger partial charge on any atom is -0.352 e. The molecule has 2 amide bonds. The second-order valence-electron chi connectivity index (χ2n) is 7.35. The number of pyridine rings is 1. The van der Waals surface area contributed by atoms with Crippen LogP contribution < -0.4 is 10.9 Å². The Bertz CT molecular complexity index is 919. The molecular formula is C20H26N4O3. The summed E-state index contributed by atoms with van der Waals surface area (Å²) >= 11 is 0. The predicted molar refractivity (Wildman–Crippen MR) is 104 cm³/mol. The van der Waals surface area contributed by atoms with Gasteiger partial charge >= 0.3 is 0 Å². The third-order valence-electron chi connectivity index (χ3n) is 5.06. The smallest absolute Gasteiger partial charge is 0.255 e. The molecule has 0 aliphatic carbocycles. The van der Waals surface area contributed by atoms with Gasteiger partial charge in [-0.3, -0.25) is 14.4 Å². The normalized spacial score (nSPS) is 17.1. The Balaban J connectivity index is 1.65. The molecule has 1 unspecified atom stereocenters. The molecule has 0 spiro atoms. The molecule has 1 N–H and O–H groups in total. The van der Waals surface area contributed by atoms with Gasteiger partial charge in [0.2, 0.25) is 11.8 Å². The molecule has 1 atom stereocenters. The fourth-order valence-corrected chi connectivity index (χ4v) is 3.43. The topological polar surface area (TPSA) is 74.7 Å². The van der Waals surface area contributed by atoms with Gasteiger partial charge in [0.25, 0.3) is 5.56 Å². The summed E-state index contributed by atoms with van der Waals surface area (Å²) in [6, 6.07) is 9.47. The zero-order chi connectivity index (χ0) is 19.6. The van der Waals surface area contributed by atoms with Gasteiger partial charge in [0.05, 0.1) is 11.4 Å². The fourth-order valence-electron chi connectivity index (χ4n) is 3.43. The molecule has 1 fully saturated rings. The lowest BCUT2D eigenvalue weighted by Gasteiger charge is -2.19. The van der Waals surface area contributed by atoms with Gasteiger partial charge in [-0.2, -0.15) is 0 Å². The number of carbonyl (C=O) groups is 2. The minimum atomic E-state index is -0.357. The fraction of sp³-hybridized carbons (Fsp3) is 0.450. The average Bonchev–Trinajstić information content (AvgIpc) is 3.02. The molecule has 1 aromatic heterocycles. The third kappa shape index (κ3) is 4.19. The SMILES string of the molecule is CN(C)CCN1CC(C(=O)NCc2cc3ccccc3n(C)c2=O)CC1=O. The lowest BCUT2D eigenvalue weighted by Crippen LogP contribution is -2.36. The number of carbonyl (C=O) groups excluding carboxylic acids is 2. The third-order valence-corrected chi connectivity index (χ3v) is 5.06. The van der Waals surface area contributed by atoms with Gasteiger partial charge in [-0.25, -0.2) is 0 Å². The first-order valence-electron chi connectivity index (χ1n) is 9.14. The molecule has 144 valence electrons. The summed E-state index contributed by atoms with van der Waals surface area (Å²) in [4.78, 5) is 40.9. The van der Waals surface area contributed by atoms with Crippen LogP contribution in [-0.2, 0) is 23.2 Å². The molecule has 7 heteroatoms. The Hall–Kier alpha value is -2.67. The Labute approximate surface area is 158 Å². The van der Waals surface area contributed by atoms with Gasteiger partial charge in [0.15, 0.2) is 0 Å². The van der Waals surface area contributed by atoms with Crippen LogP contribution in [0.5, 0.6) is 0 Å². The molecular weight excluding hydrogens is 344 g/mol. The molecule has 0 saturated carbocycles. The number of amides is 2. The van der Waals surface area contributed by atoms with E-state index in [0.717, 1.165) is 17.4 Å². The van der Waals surface area contributed by atoms with Crippen molar-refractivity contribution < 1.29 is 9.59 Å². The highest BCUT2D eigenvalue weighted by molar-refractivity contribution is 5.89. The number of para-hydroxylation sites is 1. The van der Waals surface area contributed by atoms with Crippen LogP contribution >= 0.6 is 0 Å². The van der Waals surface area contributed by atoms with Crippen molar-refractivity contribution in [3.05, 3.63) is 46.2 Å². The summed E-state index contributed by atoms with van der Waals surface area (Å²) in [5.41, 5.74) is 1.28. The van der Waals surface area contributed by atoms with E-state index in [1.807, 2.05) is 49.3 Å². The Morgan fingerprint density at radius 1 is 1.26 bits per heavy atom. The standard InChI is InChI=1S/C20H26N4O3/c1-22(2)8-9-24-13-16(11-18(24)25)19(26)21-12-15-10-14-6-4-5-7-17(14)23(3)20(15)27/h4-7,10,16H,8-9,11-13H2,1-3H3,(H,21,26). The molecule has 7 nitrogen and oxygen atoms in total. The van der Waals surface area contributed by atoms with Crippen molar-refractivity contribution in [3.8, 4) is 0 Å². The van der Waals surface area contributed by atoms with E-state index in [1.54, 1.807) is 16.5 Å². The van der Waals surface area contributed by atoms with Crippen molar-refractivity contribution >= 4 is 22.7 Å². The molecule has 3 rings (SSSR count). The number of likely N-dealkylation sites (N-methyl/N-ethyl adjacent to an activating group) is 1. The number of nitrogens with zero attached hydrogens (tertiary/aromatic N) is 3. The zero-order valence-corrected chi connectivity index (χ0v) is 16.1. The highest BCUT2D eigenvalue weighted by Gasteiger charge is 2.33. The van der Waals surface area contributed by atoms with E-state index >= 15 is 0 Å². The number of aryl methyl sites for hydroxylation is 1. The largest absolute Gasteiger partial charge is 0.352 e. The van der Waals surface area contributed by atoms with Crippen molar-refractivity contribution in [3.63, 3.8) is 0 Å². The van der Waals surface area contributed by atoms with Crippen molar-refractivity contribution in [1.82, 2.24) is 19.7 Å². The molecule has 1 aliphatic rings. The molecule has 1 aromatic carbocycles. The second kappa shape index (κ2) is 7.92. The number of hydrogen-bond donors (Lipinski definition) is 1. The number of benzene rings is 1. The highest BCUT2D eigenvalue weighted by Crippen LogP contribution is 2.18. The molecule has 0 bridgehead atoms. The van der Waals surface area contributed by atoms with E-state index < -0.39 is 0 Å². The van der Waals surface area contributed by atoms with Crippen LogP contribution in [0.4, 0.5) is 0 Å². The van der Waals surface area contributed by atoms with Crippen LogP contribution in [0.15, 0.2) is 35.1 Å². The van der Waals surface area contributed by atoms with Crippen molar-refractivity contribution in [2.24, 2.45) is 13.0 Å². The summed E-state index contributed by atoms with van der Waals surface area (Å²) in [5, 5.41) is 3.79. The second-order valence-corrected chi connectivity index (χ2v) is 7.35. The molecule has 0 radical (unpaired) electrons. The summed E-state index contributed by atoms with van der Waals surface area (Å²) in [6.45, 7) is 2.00. The number of nitrogens with one attached hydrogen (secondary N) is 1. The number of hydrogen-bond acceptors (Lipinski definition) is 4. The van der Waals surface area contributed by atoms with E-state index in [1.165, 1.54) is 0 Å². The summed E-state index contributed by atoms with van der Waals surface area (Å²) in [5.74, 6) is -0.520. The number of rotatable bonds is 6. The Morgan fingerprint density at radius 3 is 2.74 bits per heavy atom. The molecule has 1 aliphatic heterocycles. The van der Waals surface area contributed by atoms with E-state index in [4.69, 9.17) is 0 Å². The quantitative estimate of drug-likeness (QED) is 0.807.